The van der Waals surface area contributed by atoms with Crippen molar-refractivity contribution in [2.24, 2.45) is 7.05 Å². The van der Waals surface area contributed by atoms with Crippen LogP contribution in [0.4, 0.5) is 5.13 Å². The second-order valence-corrected chi connectivity index (χ2v) is 8.33. The van der Waals surface area contributed by atoms with Gasteiger partial charge in [0.05, 0.1) is 26.8 Å². The van der Waals surface area contributed by atoms with Crippen molar-refractivity contribution in [3.05, 3.63) is 50.4 Å². The zero-order valence-corrected chi connectivity index (χ0v) is 16.3. The van der Waals surface area contributed by atoms with Gasteiger partial charge >= 0.3 is 0 Å². The van der Waals surface area contributed by atoms with Gasteiger partial charge in [-0.25, -0.2) is 9.97 Å². The largest absolute Gasteiger partial charge is 0.302 e. The average Bonchev–Trinajstić information content (AvgIpc) is 3.12. The lowest BCUT2D eigenvalue weighted by molar-refractivity contribution is 0.103. The number of amides is 1. The second kappa shape index (κ2) is 6.00. The lowest BCUT2D eigenvalue weighted by atomic mass is 10.1. The zero-order valence-electron chi connectivity index (χ0n) is 14.7. The first-order chi connectivity index (χ1) is 12.3. The molecule has 0 spiro atoms. The van der Waals surface area contributed by atoms with E-state index in [1.54, 1.807) is 14.0 Å². The van der Waals surface area contributed by atoms with Gasteiger partial charge in [0.1, 0.15) is 4.83 Å². The Morgan fingerprint density at radius 2 is 1.96 bits per heavy atom. The predicted octanol–water partition coefficient (Wildman–Crippen LogP) is 3.78. The monoisotopic (exact) mass is 384 g/mol. The fourth-order valence-corrected chi connectivity index (χ4v) is 5.08. The number of hydrogen-bond acceptors (Lipinski definition) is 6. The number of carbonyl (C=O) groups is 1. The van der Waals surface area contributed by atoms with Crippen molar-refractivity contribution in [1.29, 1.82) is 0 Å². The Bertz CT molecular complexity index is 1250. The molecule has 0 radical (unpaired) electrons. The van der Waals surface area contributed by atoms with Gasteiger partial charge in [0.25, 0.3) is 11.5 Å². The van der Waals surface area contributed by atoms with Gasteiger partial charge in [-0.1, -0.05) is 17.4 Å². The number of hydrogen-bond donors (Lipinski definition) is 1. The number of aryl methyl sites for hydroxylation is 4. The molecule has 1 amide bonds. The summed E-state index contributed by atoms with van der Waals surface area (Å²) in [6.07, 6.45) is 1.47. The van der Waals surface area contributed by atoms with Gasteiger partial charge in [0.2, 0.25) is 0 Å². The third kappa shape index (κ3) is 2.62. The molecule has 0 saturated heterocycles. The molecule has 0 aliphatic carbocycles. The molecule has 8 heteroatoms. The minimum absolute atomic E-state index is 0.145. The number of carbonyl (C=O) groups excluding carboxylic acids is 1. The quantitative estimate of drug-likeness (QED) is 0.570. The Hall–Kier alpha value is -2.58. The van der Waals surface area contributed by atoms with Gasteiger partial charge < -0.3 is 4.57 Å². The van der Waals surface area contributed by atoms with Crippen LogP contribution in [0.1, 0.15) is 26.4 Å². The van der Waals surface area contributed by atoms with Gasteiger partial charge in [-0.3, -0.25) is 14.9 Å². The molecule has 0 saturated carbocycles. The van der Waals surface area contributed by atoms with E-state index < -0.39 is 0 Å². The molecule has 4 aromatic rings. The third-order valence-corrected chi connectivity index (χ3v) is 6.38. The Labute approximate surface area is 157 Å². The van der Waals surface area contributed by atoms with E-state index in [0.717, 1.165) is 15.8 Å². The molecule has 1 N–H and O–H groups in total. The molecule has 0 aliphatic rings. The summed E-state index contributed by atoms with van der Waals surface area (Å²) in [7, 11) is 1.65. The van der Waals surface area contributed by atoms with Crippen LogP contribution in [0.5, 0.6) is 0 Å². The van der Waals surface area contributed by atoms with Gasteiger partial charge in [0.15, 0.2) is 5.13 Å². The highest BCUT2D eigenvalue weighted by Crippen LogP contribution is 2.31. The van der Waals surface area contributed by atoms with E-state index in [2.05, 4.69) is 27.4 Å². The first-order valence-electron chi connectivity index (χ1n) is 7.99. The number of nitrogens with one attached hydrogen (secondary N) is 1. The fourth-order valence-electron chi connectivity index (χ4n) is 3.00. The summed E-state index contributed by atoms with van der Waals surface area (Å²) >= 11 is 2.67. The van der Waals surface area contributed by atoms with E-state index in [1.165, 1.54) is 39.1 Å². The summed E-state index contributed by atoms with van der Waals surface area (Å²) in [4.78, 5) is 34.9. The molecule has 3 aromatic heterocycles. The van der Waals surface area contributed by atoms with Gasteiger partial charge in [-0.05, 0) is 43.5 Å². The molecule has 6 nitrogen and oxygen atoms in total. The van der Waals surface area contributed by atoms with Crippen molar-refractivity contribution >= 4 is 54.1 Å². The SMILES string of the molecule is Cc1cc(C)c2nc(NC(=O)c3sc4ncn(C)c(=O)c4c3C)sc2c1. The van der Waals surface area contributed by atoms with Crippen molar-refractivity contribution in [3.8, 4) is 0 Å². The number of rotatable bonds is 2. The minimum Gasteiger partial charge on any atom is -0.302 e. The highest BCUT2D eigenvalue weighted by molar-refractivity contribution is 7.23. The predicted molar refractivity (Wildman–Crippen MR) is 107 cm³/mol. The van der Waals surface area contributed by atoms with E-state index in [9.17, 15) is 9.59 Å². The van der Waals surface area contributed by atoms with E-state index in [4.69, 9.17) is 0 Å². The summed E-state index contributed by atoms with van der Waals surface area (Å²) in [6.45, 7) is 5.83. The maximum absolute atomic E-state index is 12.8. The van der Waals surface area contributed by atoms with Crippen molar-refractivity contribution in [2.75, 3.05) is 5.32 Å². The van der Waals surface area contributed by atoms with Crippen molar-refractivity contribution < 1.29 is 4.79 Å². The Kier molecular flexibility index (Phi) is 3.89. The Morgan fingerprint density at radius 3 is 2.73 bits per heavy atom. The molecule has 0 fully saturated rings. The fraction of sp³-hybridized carbons (Fsp3) is 0.222. The molecule has 0 unspecified atom stereocenters. The third-order valence-electron chi connectivity index (χ3n) is 4.27. The van der Waals surface area contributed by atoms with Crippen LogP contribution in [0.2, 0.25) is 0 Å². The topological polar surface area (TPSA) is 76.9 Å². The normalized spacial score (nSPS) is 11.4. The number of fused-ring (bicyclic) bond motifs is 2. The molecule has 132 valence electrons. The van der Waals surface area contributed by atoms with Gasteiger partial charge in [-0.2, -0.15) is 0 Å². The van der Waals surface area contributed by atoms with Crippen LogP contribution in [-0.4, -0.2) is 20.4 Å². The molecule has 0 aliphatic heterocycles. The lowest BCUT2D eigenvalue weighted by Gasteiger charge is -2.00. The lowest BCUT2D eigenvalue weighted by Crippen LogP contribution is -2.17. The minimum atomic E-state index is -0.263. The van der Waals surface area contributed by atoms with Gasteiger partial charge in [0, 0.05) is 7.05 Å². The molecular weight excluding hydrogens is 368 g/mol. The van der Waals surface area contributed by atoms with Crippen LogP contribution in [0.25, 0.3) is 20.4 Å². The van der Waals surface area contributed by atoms with Crippen molar-refractivity contribution in [3.63, 3.8) is 0 Å². The van der Waals surface area contributed by atoms with Crippen molar-refractivity contribution in [2.45, 2.75) is 20.8 Å². The standard InChI is InChI=1S/C18H16N4O2S2/c1-8-5-9(2)13-11(6-8)25-18(20-13)21-15(23)14-10(3)12-16(26-14)19-7-22(4)17(12)24/h5-7H,1-4H3,(H,20,21,23). The summed E-state index contributed by atoms with van der Waals surface area (Å²) in [5.74, 6) is -0.263. The highest BCUT2D eigenvalue weighted by atomic mass is 32.1. The van der Waals surface area contributed by atoms with Crippen LogP contribution in [-0.2, 0) is 7.05 Å². The number of thiophene rings is 1. The highest BCUT2D eigenvalue weighted by Gasteiger charge is 2.20. The molecule has 0 atom stereocenters. The smallest absolute Gasteiger partial charge is 0.267 e. The molecule has 1 aromatic carbocycles. The number of aromatic nitrogens is 3. The maximum Gasteiger partial charge on any atom is 0.267 e. The summed E-state index contributed by atoms with van der Waals surface area (Å²) in [5, 5.41) is 3.93. The van der Waals surface area contributed by atoms with Crippen LogP contribution in [0.3, 0.4) is 0 Å². The molecular formula is C18H16N4O2S2. The molecule has 0 bridgehead atoms. The zero-order chi connectivity index (χ0) is 18.6. The maximum atomic E-state index is 12.8. The Morgan fingerprint density at radius 1 is 1.19 bits per heavy atom. The van der Waals surface area contributed by atoms with Crippen LogP contribution in [0.15, 0.2) is 23.3 Å². The van der Waals surface area contributed by atoms with E-state index in [1.807, 2.05) is 13.8 Å². The molecule has 26 heavy (non-hydrogen) atoms. The summed E-state index contributed by atoms with van der Waals surface area (Å²) in [5.41, 5.74) is 3.67. The van der Waals surface area contributed by atoms with Crippen LogP contribution >= 0.6 is 22.7 Å². The number of thiazole rings is 1. The first-order valence-corrected chi connectivity index (χ1v) is 9.62. The number of nitrogens with zero attached hydrogens (tertiary/aromatic N) is 3. The molecule has 3 heterocycles. The van der Waals surface area contributed by atoms with Crippen molar-refractivity contribution in [1.82, 2.24) is 14.5 Å². The summed E-state index contributed by atoms with van der Waals surface area (Å²) < 4.78 is 2.46. The first kappa shape index (κ1) is 16.9. The van der Waals surface area contributed by atoms with E-state index >= 15 is 0 Å². The van der Waals surface area contributed by atoms with E-state index in [-0.39, 0.29) is 11.5 Å². The van der Waals surface area contributed by atoms with Crippen LogP contribution in [0, 0.1) is 20.8 Å². The Balaban J connectivity index is 1.74. The van der Waals surface area contributed by atoms with Gasteiger partial charge in [-0.15, -0.1) is 11.3 Å². The van der Waals surface area contributed by atoms with Crippen LogP contribution < -0.4 is 10.9 Å². The average molecular weight is 384 g/mol. The van der Waals surface area contributed by atoms with E-state index in [0.29, 0.717) is 25.8 Å². The summed E-state index contributed by atoms with van der Waals surface area (Å²) in [6, 6.07) is 4.14. The molecule has 4 rings (SSSR count). The second-order valence-electron chi connectivity index (χ2n) is 6.30. The number of benzene rings is 1. The number of anilines is 1.